The van der Waals surface area contributed by atoms with Gasteiger partial charge in [-0.3, -0.25) is 14.2 Å². The molecule has 26 heavy (non-hydrogen) atoms. The predicted octanol–water partition coefficient (Wildman–Crippen LogP) is 3.17. The number of nitrogens with zero attached hydrogens (tertiary/aromatic N) is 2. The lowest BCUT2D eigenvalue weighted by Crippen LogP contribution is -2.32. The minimum atomic E-state index is -0.405. The number of benzene rings is 2. The van der Waals surface area contributed by atoms with Crippen molar-refractivity contribution in [3.05, 3.63) is 77.6 Å². The van der Waals surface area contributed by atoms with Gasteiger partial charge in [-0.25, -0.2) is 4.98 Å². The minimum Gasteiger partial charge on any atom is -0.352 e. The zero-order chi connectivity index (χ0) is 18.5. The molecule has 1 unspecified atom stereocenters. The number of para-hydroxylation sites is 2. The van der Waals surface area contributed by atoms with Crippen molar-refractivity contribution in [1.82, 2.24) is 14.9 Å². The molecule has 0 spiro atoms. The van der Waals surface area contributed by atoms with Crippen LogP contribution in [0, 0.1) is 0 Å². The lowest BCUT2D eigenvalue weighted by Gasteiger charge is -2.16. The molecular weight excluding hydrogens is 346 g/mol. The van der Waals surface area contributed by atoms with Crippen molar-refractivity contribution >= 4 is 28.6 Å². The van der Waals surface area contributed by atoms with Gasteiger partial charge >= 0.3 is 0 Å². The van der Waals surface area contributed by atoms with Crippen molar-refractivity contribution < 1.29 is 4.79 Å². The summed E-state index contributed by atoms with van der Waals surface area (Å²) in [6, 6.07) is 16.6. The van der Waals surface area contributed by atoms with E-state index in [1.807, 2.05) is 42.5 Å². The molecule has 0 bridgehead atoms. The Labute approximate surface area is 155 Å². The van der Waals surface area contributed by atoms with E-state index in [-0.39, 0.29) is 11.5 Å². The SMILES string of the molecule is C=CCNC(=O)C(C)Sc1nc2ccccc2c(=O)n1-c1ccccc1. The first-order valence-electron chi connectivity index (χ1n) is 8.24. The number of hydrogen-bond acceptors (Lipinski definition) is 4. The van der Waals surface area contributed by atoms with Gasteiger partial charge in [0, 0.05) is 6.54 Å². The molecule has 0 fully saturated rings. The summed E-state index contributed by atoms with van der Waals surface area (Å²) in [7, 11) is 0. The van der Waals surface area contributed by atoms with Gasteiger partial charge in [-0.1, -0.05) is 48.2 Å². The van der Waals surface area contributed by atoms with E-state index in [0.29, 0.717) is 22.6 Å². The van der Waals surface area contributed by atoms with Gasteiger partial charge in [0.15, 0.2) is 5.16 Å². The van der Waals surface area contributed by atoms with Gasteiger partial charge in [-0.15, -0.1) is 6.58 Å². The Hall–Kier alpha value is -2.86. The van der Waals surface area contributed by atoms with Crippen LogP contribution in [-0.2, 0) is 4.79 Å². The number of rotatable bonds is 6. The molecule has 6 heteroatoms. The van der Waals surface area contributed by atoms with Crippen LogP contribution < -0.4 is 10.9 Å². The summed E-state index contributed by atoms with van der Waals surface area (Å²) < 4.78 is 1.56. The van der Waals surface area contributed by atoms with E-state index in [1.165, 1.54) is 11.8 Å². The molecule has 132 valence electrons. The van der Waals surface area contributed by atoms with Crippen molar-refractivity contribution in [2.24, 2.45) is 0 Å². The summed E-state index contributed by atoms with van der Waals surface area (Å²) in [5.41, 5.74) is 1.19. The quantitative estimate of drug-likeness (QED) is 0.414. The zero-order valence-corrected chi connectivity index (χ0v) is 15.2. The van der Waals surface area contributed by atoms with E-state index in [4.69, 9.17) is 0 Å². The summed E-state index contributed by atoms with van der Waals surface area (Å²) >= 11 is 1.26. The topological polar surface area (TPSA) is 64.0 Å². The molecule has 1 amide bonds. The molecule has 0 aliphatic carbocycles. The molecule has 5 nitrogen and oxygen atoms in total. The van der Waals surface area contributed by atoms with E-state index in [1.54, 1.807) is 29.7 Å². The van der Waals surface area contributed by atoms with E-state index < -0.39 is 5.25 Å². The fourth-order valence-electron chi connectivity index (χ4n) is 2.52. The molecule has 3 aromatic rings. The molecule has 0 aliphatic rings. The molecular formula is C20H19N3O2S. The third kappa shape index (κ3) is 3.70. The first-order chi connectivity index (χ1) is 12.6. The van der Waals surface area contributed by atoms with Crippen molar-refractivity contribution in [3.63, 3.8) is 0 Å². The second-order valence-electron chi connectivity index (χ2n) is 5.68. The van der Waals surface area contributed by atoms with Crippen LogP contribution in [0.2, 0.25) is 0 Å². The highest BCUT2D eigenvalue weighted by molar-refractivity contribution is 8.00. The van der Waals surface area contributed by atoms with Gasteiger partial charge in [0.05, 0.1) is 21.8 Å². The summed E-state index contributed by atoms with van der Waals surface area (Å²) in [5.74, 6) is -0.128. The average Bonchev–Trinajstić information content (AvgIpc) is 2.67. The monoisotopic (exact) mass is 365 g/mol. The predicted molar refractivity (Wildman–Crippen MR) is 106 cm³/mol. The molecule has 1 atom stereocenters. The second-order valence-corrected chi connectivity index (χ2v) is 6.99. The van der Waals surface area contributed by atoms with Gasteiger partial charge in [-0.05, 0) is 31.2 Å². The number of carbonyl (C=O) groups excluding carboxylic acids is 1. The molecule has 2 aromatic carbocycles. The van der Waals surface area contributed by atoms with E-state index in [0.717, 1.165) is 5.69 Å². The van der Waals surface area contributed by atoms with Crippen LogP contribution in [-0.4, -0.2) is 27.3 Å². The fraction of sp³-hybridized carbons (Fsp3) is 0.150. The largest absolute Gasteiger partial charge is 0.352 e. The lowest BCUT2D eigenvalue weighted by molar-refractivity contribution is -0.120. The Bertz CT molecular complexity index is 999. The van der Waals surface area contributed by atoms with Crippen LogP contribution in [0.4, 0.5) is 0 Å². The van der Waals surface area contributed by atoms with Gasteiger partial charge in [0.25, 0.3) is 5.56 Å². The first kappa shape index (κ1) is 17.9. The van der Waals surface area contributed by atoms with Crippen molar-refractivity contribution in [1.29, 1.82) is 0 Å². The third-order valence-electron chi connectivity index (χ3n) is 3.83. The molecule has 0 radical (unpaired) electrons. The minimum absolute atomic E-state index is 0.128. The van der Waals surface area contributed by atoms with Crippen LogP contribution in [0.3, 0.4) is 0 Å². The van der Waals surface area contributed by atoms with Crippen LogP contribution in [0.25, 0.3) is 16.6 Å². The van der Waals surface area contributed by atoms with Gasteiger partial charge in [-0.2, -0.15) is 0 Å². The number of carbonyl (C=O) groups is 1. The van der Waals surface area contributed by atoms with Crippen molar-refractivity contribution in [2.45, 2.75) is 17.3 Å². The number of aromatic nitrogens is 2. The third-order valence-corrected chi connectivity index (χ3v) is 4.88. The molecule has 0 saturated heterocycles. The maximum atomic E-state index is 13.1. The normalized spacial score (nSPS) is 11.9. The highest BCUT2D eigenvalue weighted by atomic mass is 32.2. The maximum absolute atomic E-state index is 13.1. The van der Waals surface area contributed by atoms with Gasteiger partial charge in [0.1, 0.15) is 0 Å². The molecule has 0 saturated carbocycles. The second kappa shape index (κ2) is 8.01. The summed E-state index contributed by atoms with van der Waals surface area (Å²) in [6.45, 7) is 5.79. The maximum Gasteiger partial charge on any atom is 0.266 e. The average molecular weight is 365 g/mol. The van der Waals surface area contributed by atoms with Gasteiger partial charge in [0.2, 0.25) is 5.91 Å². The lowest BCUT2D eigenvalue weighted by atomic mass is 10.2. The fourth-order valence-corrected chi connectivity index (χ4v) is 3.48. The van der Waals surface area contributed by atoms with Crippen LogP contribution in [0.1, 0.15) is 6.92 Å². The molecule has 3 rings (SSSR count). The summed E-state index contributed by atoms with van der Waals surface area (Å²) in [6.07, 6.45) is 1.63. The van der Waals surface area contributed by atoms with Crippen molar-refractivity contribution in [3.8, 4) is 5.69 Å². The smallest absolute Gasteiger partial charge is 0.266 e. The van der Waals surface area contributed by atoms with Gasteiger partial charge < -0.3 is 5.32 Å². The Balaban J connectivity index is 2.10. The first-order valence-corrected chi connectivity index (χ1v) is 9.12. The summed E-state index contributed by atoms with van der Waals surface area (Å²) in [4.78, 5) is 29.9. The van der Waals surface area contributed by atoms with E-state index in [9.17, 15) is 9.59 Å². The van der Waals surface area contributed by atoms with Crippen LogP contribution >= 0.6 is 11.8 Å². The van der Waals surface area contributed by atoms with Crippen LogP contribution in [0.15, 0.2) is 77.2 Å². The van der Waals surface area contributed by atoms with E-state index in [2.05, 4.69) is 16.9 Å². The Kier molecular flexibility index (Phi) is 5.53. The Morgan fingerprint density at radius 1 is 1.23 bits per heavy atom. The number of thioether (sulfide) groups is 1. The molecule has 1 N–H and O–H groups in total. The highest BCUT2D eigenvalue weighted by Crippen LogP contribution is 2.25. The molecule has 1 heterocycles. The van der Waals surface area contributed by atoms with Crippen molar-refractivity contribution in [2.75, 3.05) is 6.54 Å². The molecule has 0 aliphatic heterocycles. The summed E-state index contributed by atoms with van der Waals surface area (Å²) in [5, 5.41) is 3.40. The number of hydrogen-bond donors (Lipinski definition) is 1. The standard InChI is InChI=1S/C20H19N3O2S/c1-3-13-21-18(24)14(2)26-20-22-17-12-8-7-11-16(17)19(25)23(20)15-9-5-4-6-10-15/h3-12,14H,1,13H2,2H3,(H,21,24). The highest BCUT2D eigenvalue weighted by Gasteiger charge is 2.19. The Morgan fingerprint density at radius 3 is 2.65 bits per heavy atom. The number of fused-ring (bicyclic) bond motifs is 1. The van der Waals surface area contributed by atoms with Crippen LogP contribution in [0.5, 0.6) is 0 Å². The Morgan fingerprint density at radius 2 is 1.92 bits per heavy atom. The number of nitrogens with one attached hydrogen (secondary N) is 1. The number of amides is 1. The molecule has 1 aromatic heterocycles. The van der Waals surface area contributed by atoms with E-state index >= 15 is 0 Å². The zero-order valence-electron chi connectivity index (χ0n) is 14.4.